The summed E-state index contributed by atoms with van der Waals surface area (Å²) in [6, 6.07) is 17.1. The fraction of sp³-hybridized carbons (Fsp3) is 0.333. The number of hydrogen-bond acceptors (Lipinski definition) is 6. The number of hydrogen-bond donors (Lipinski definition) is 2. The number of rotatable bonds is 11. The number of benzene rings is 2. The molecule has 0 saturated heterocycles. The van der Waals surface area contributed by atoms with E-state index in [0.717, 1.165) is 29.7 Å². The molecule has 3 amide bonds. The summed E-state index contributed by atoms with van der Waals surface area (Å²) in [5.41, 5.74) is 1.91. The maximum atomic E-state index is 12.7. The predicted octanol–water partition coefficient (Wildman–Crippen LogP) is 4.55. The SMILES string of the molecule is CCCCNC(=O)N(CCC(=O)Nc1nnc(-c2ccc(OC)cc2)s1)Cc1ccccc1. The van der Waals surface area contributed by atoms with Crippen molar-refractivity contribution in [2.75, 3.05) is 25.5 Å². The van der Waals surface area contributed by atoms with Gasteiger partial charge in [0.2, 0.25) is 11.0 Å². The van der Waals surface area contributed by atoms with Gasteiger partial charge >= 0.3 is 6.03 Å². The minimum absolute atomic E-state index is 0.158. The number of carbonyl (C=O) groups excluding carboxylic acids is 2. The molecule has 2 aromatic carbocycles. The molecule has 1 aromatic heterocycles. The molecule has 0 bridgehead atoms. The van der Waals surface area contributed by atoms with Gasteiger partial charge < -0.3 is 20.3 Å². The van der Waals surface area contributed by atoms with Crippen LogP contribution < -0.4 is 15.4 Å². The molecule has 0 aliphatic carbocycles. The lowest BCUT2D eigenvalue weighted by Crippen LogP contribution is -2.41. The summed E-state index contributed by atoms with van der Waals surface area (Å²) in [6.45, 7) is 3.42. The zero-order valence-corrected chi connectivity index (χ0v) is 19.7. The topological polar surface area (TPSA) is 96.5 Å². The van der Waals surface area contributed by atoms with Crippen molar-refractivity contribution >= 4 is 28.4 Å². The molecular formula is C24H29N5O3S. The number of anilines is 1. The molecule has 0 aliphatic rings. The fourth-order valence-electron chi connectivity index (χ4n) is 3.08. The monoisotopic (exact) mass is 467 g/mol. The summed E-state index contributed by atoms with van der Waals surface area (Å²) in [5, 5.41) is 15.1. The Hall–Kier alpha value is -3.46. The summed E-state index contributed by atoms with van der Waals surface area (Å²) >= 11 is 1.30. The number of nitrogens with one attached hydrogen (secondary N) is 2. The number of ether oxygens (including phenoxy) is 1. The first-order chi connectivity index (χ1) is 16.1. The van der Waals surface area contributed by atoms with Crippen molar-refractivity contribution < 1.29 is 14.3 Å². The first-order valence-electron chi connectivity index (χ1n) is 10.9. The number of amides is 3. The van der Waals surface area contributed by atoms with Crippen LogP contribution in [0.1, 0.15) is 31.7 Å². The average Bonchev–Trinajstić information content (AvgIpc) is 3.30. The minimum atomic E-state index is -0.216. The highest BCUT2D eigenvalue weighted by molar-refractivity contribution is 7.18. The molecule has 3 aromatic rings. The van der Waals surface area contributed by atoms with Crippen LogP contribution in [-0.4, -0.2) is 47.2 Å². The Bertz CT molecular complexity index is 1020. The molecule has 174 valence electrons. The van der Waals surface area contributed by atoms with Gasteiger partial charge in [-0.05, 0) is 36.2 Å². The van der Waals surface area contributed by atoms with E-state index in [0.29, 0.717) is 29.8 Å². The second kappa shape index (κ2) is 12.5. The third kappa shape index (κ3) is 7.57. The standard InChI is InChI=1S/C24H29N5O3S/c1-3-4-15-25-24(31)29(17-18-8-6-5-7-9-18)16-14-21(30)26-23-28-27-22(33-23)19-10-12-20(32-2)13-11-19/h5-13H,3-4,14-17H2,1-2H3,(H,25,31)(H,26,28,30). The van der Waals surface area contributed by atoms with Crippen LogP contribution in [0.4, 0.5) is 9.93 Å². The van der Waals surface area contributed by atoms with E-state index in [4.69, 9.17) is 4.74 Å². The van der Waals surface area contributed by atoms with E-state index in [1.54, 1.807) is 12.0 Å². The van der Waals surface area contributed by atoms with Gasteiger partial charge in [0, 0.05) is 31.6 Å². The molecule has 0 spiro atoms. The Morgan fingerprint density at radius 2 is 1.82 bits per heavy atom. The third-order valence-corrected chi connectivity index (χ3v) is 5.81. The van der Waals surface area contributed by atoms with Gasteiger partial charge in [0.1, 0.15) is 10.8 Å². The molecule has 2 N–H and O–H groups in total. The van der Waals surface area contributed by atoms with Gasteiger partial charge in [0.05, 0.1) is 7.11 Å². The quantitative estimate of drug-likeness (QED) is 0.403. The summed E-state index contributed by atoms with van der Waals surface area (Å²) in [4.78, 5) is 26.8. The lowest BCUT2D eigenvalue weighted by atomic mass is 10.2. The lowest BCUT2D eigenvalue weighted by Gasteiger charge is -2.23. The van der Waals surface area contributed by atoms with E-state index in [9.17, 15) is 9.59 Å². The maximum absolute atomic E-state index is 12.7. The van der Waals surface area contributed by atoms with E-state index in [1.165, 1.54) is 11.3 Å². The predicted molar refractivity (Wildman–Crippen MR) is 130 cm³/mol. The van der Waals surface area contributed by atoms with Gasteiger partial charge in [0.15, 0.2) is 0 Å². The van der Waals surface area contributed by atoms with Crippen LogP contribution in [0.15, 0.2) is 54.6 Å². The molecule has 9 heteroatoms. The molecule has 1 heterocycles. The highest BCUT2D eigenvalue weighted by atomic mass is 32.1. The Morgan fingerprint density at radius 1 is 1.06 bits per heavy atom. The zero-order chi connectivity index (χ0) is 23.5. The molecule has 3 rings (SSSR count). The van der Waals surface area contributed by atoms with Crippen LogP contribution in [0.5, 0.6) is 5.75 Å². The van der Waals surface area contributed by atoms with E-state index in [-0.39, 0.29) is 18.4 Å². The van der Waals surface area contributed by atoms with Crippen molar-refractivity contribution in [1.82, 2.24) is 20.4 Å². The zero-order valence-electron chi connectivity index (χ0n) is 18.9. The molecule has 0 radical (unpaired) electrons. The van der Waals surface area contributed by atoms with Crippen LogP contribution in [0.2, 0.25) is 0 Å². The van der Waals surface area contributed by atoms with E-state index in [2.05, 4.69) is 27.8 Å². The Balaban J connectivity index is 1.56. The molecule has 33 heavy (non-hydrogen) atoms. The minimum Gasteiger partial charge on any atom is -0.497 e. The van der Waals surface area contributed by atoms with Crippen molar-refractivity contribution in [2.24, 2.45) is 0 Å². The number of nitrogens with zero attached hydrogens (tertiary/aromatic N) is 3. The molecule has 0 fully saturated rings. The van der Waals surface area contributed by atoms with Crippen molar-refractivity contribution in [3.8, 4) is 16.3 Å². The third-order valence-electron chi connectivity index (χ3n) is 4.93. The number of unbranched alkanes of at least 4 members (excludes halogenated alkanes) is 1. The number of urea groups is 1. The molecule has 0 unspecified atom stereocenters. The summed E-state index contributed by atoms with van der Waals surface area (Å²) in [6.07, 6.45) is 2.08. The molecular weight excluding hydrogens is 438 g/mol. The van der Waals surface area contributed by atoms with Crippen molar-refractivity contribution in [1.29, 1.82) is 0 Å². The Morgan fingerprint density at radius 3 is 2.52 bits per heavy atom. The highest BCUT2D eigenvalue weighted by Crippen LogP contribution is 2.27. The highest BCUT2D eigenvalue weighted by Gasteiger charge is 2.16. The number of aromatic nitrogens is 2. The average molecular weight is 468 g/mol. The van der Waals surface area contributed by atoms with Crippen molar-refractivity contribution in [3.05, 3.63) is 60.2 Å². The van der Waals surface area contributed by atoms with Crippen LogP contribution in [0.25, 0.3) is 10.6 Å². The van der Waals surface area contributed by atoms with Crippen LogP contribution >= 0.6 is 11.3 Å². The largest absolute Gasteiger partial charge is 0.497 e. The summed E-state index contributed by atoms with van der Waals surface area (Å²) in [7, 11) is 1.61. The smallest absolute Gasteiger partial charge is 0.317 e. The van der Waals surface area contributed by atoms with Crippen LogP contribution in [-0.2, 0) is 11.3 Å². The molecule has 0 atom stereocenters. The van der Waals surface area contributed by atoms with Crippen molar-refractivity contribution in [3.63, 3.8) is 0 Å². The van der Waals surface area contributed by atoms with Gasteiger partial charge in [-0.1, -0.05) is 55.0 Å². The van der Waals surface area contributed by atoms with Crippen LogP contribution in [0, 0.1) is 0 Å². The van der Waals surface area contributed by atoms with Gasteiger partial charge in [0.25, 0.3) is 0 Å². The molecule has 8 nitrogen and oxygen atoms in total. The molecule has 0 aliphatic heterocycles. The van der Waals surface area contributed by atoms with E-state index < -0.39 is 0 Å². The van der Waals surface area contributed by atoms with Gasteiger partial charge in [-0.2, -0.15) is 0 Å². The van der Waals surface area contributed by atoms with E-state index in [1.807, 2.05) is 54.6 Å². The first kappa shape index (κ1) is 24.2. The van der Waals surface area contributed by atoms with Gasteiger partial charge in [-0.3, -0.25) is 4.79 Å². The summed E-state index contributed by atoms with van der Waals surface area (Å²) in [5.74, 6) is 0.544. The Labute approximate surface area is 198 Å². The van der Waals surface area contributed by atoms with E-state index >= 15 is 0 Å². The Kier molecular flexibility index (Phi) is 9.19. The summed E-state index contributed by atoms with van der Waals surface area (Å²) < 4.78 is 5.17. The number of methoxy groups -OCH3 is 1. The van der Waals surface area contributed by atoms with Crippen molar-refractivity contribution in [2.45, 2.75) is 32.7 Å². The molecule has 0 saturated carbocycles. The lowest BCUT2D eigenvalue weighted by molar-refractivity contribution is -0.116. The second-order valence-electron chi connectivity index (χ2n) is 7.43. The number of carbonyl (C=O) groups is 2. The normalized spacial score (nSPS) is 10.5. The van der Waals surface area contributed by atoms with Gasteiger partial charge in [-0.15, -0.1) is 10.2 Å². The maximum Gasteiger partial charge on any atom is 0.317 e. The van der Waals surface area contributed by atoms with Crippen LogP contribution in [0.3, 0.4) is 0 Å². The fourth-order valence-corrected chi connectivity index (χ4v) is 3.85. The second-order valence-corrected chi connectivity index (χ2v) is 8.41. The van der Waals surface area contributed by atoms with Gasteiger partial charge in [-0.25, -0.2) is 4.79 Å². The first-order valence-corrected chi connectivity index (χ1v) is 11.7.